The van der Waals surface area contributed by atoms with E-state index in [1.54, 1.807) is 25.3 Å². The Labute approximate surface area is 213 Å². The molecule has 11 heteroatoms. The predicted molar refractivity (Wildman–Crippen MR) is 132 cm³/mol. The van der Waals surface area contributed by atoms with Gasteiger partial charge in [0.2, 0.25) is 11.8 Å². The van der Waals surface area contributed by atoms with Crippen LogP contribution in [-0.4, -0.2) is 66.1 Å². The number of nitrogens with one attached hydrogen (secondary N) is 1. The van der Waals surface area contributed by atoms with Crippen molar-refractivity contribution in [2.24, 2.45) is 5.41 Å². The third kappa shape index (κ3) is 3.99. The molecule has 2 fully saturated rings. The fourth-order valence-electron chi connectivity index (χ4n) is 5.91. The van der Waals surface area contributed by atoms with Crippen molar-refractivity contribution in [1.82, 2.24) is 10.2 Å². The van der Waals surface area contributed by atoms with Crippen LogP contribution in [0.5, 0.6) is 5.75 Å². The number of nitro benzene ring substituents is 1. The van der Waals surface area contributed by atoms with Crippen molar-refractivity contribution in [3.63, 3.8) is 0 Å². The van der Waals surface area contributed by atoms with Crippen molar-refractivity contribution in [2.75, 3.05) is 25.1 Å². The number of imide groups is 2. The Morgan fingerprint density at radius 2 is 1.89 bits per heavy atom. The van der Waals surface area contributed by atoms with E-state index >= 15 is 0 Å². The molecule has 194 valence electrons. The second-order valence-electron chi connectivity index (χ2n) is 9.78. The summed E-state index contributed by atoms with van der Waals surface area (Å²) in [7, 11) is 1.57. The van der Waals surface area contributed by atoms with Gasteiger partial charge in [-0.3, -0.25) is 29.9 Å². The molecule has 2 aromatic carbocycles. The summed E-state index contributed by atoms with van der Waals surface area (Å²) >= 11 is 0. The first kappa shape index (κ1) is 24.7. The summed E-state index contributed by atoms with van der Waals surface area (Å²) in [6, 6.07) is 10.3. The molecule has 11 nitrogen and oxygen atoms in total. The zero-order valence-corrected chi connectivity index (χ0v) is 20.8. The van der Waals surface area contributed by atoms with Crippen LogP contribution in [-0.2, 0) is 27.2 Å². The summed E-state index contributed by atoms with van der Waals surface area (Å²) in [6.07, 6.45) is -0.408. The number of barbiturate groups is 1. The van der Waals surface area contributed by atoms with Crippen molar-refractivity contribution < 1.29 is 28.8 Å². The molecule has 0 radical (unpaired) electrons. The average Bonchev–Trinajstić information content (AvgIpc) is 2.87. The molecule has 0 bridgehead atoms. The number of carbonyl (C=O) groups is 3. The Balaban J connectivity index is 1.54. The van der Waals surface area contributed by atoms with E-state index in [-0.39, 0.29) is 24.8 Å². The third-order valence-electron chi connectivity index (χ3n) is 7.52. The highest BCUT2D eigenvalue weighted by molar-refractivity contribution is 6.20. The topological polar surface area (TPSA) is 131 Å². The van der Waals surface area contributed by atoms with Gasteiger partial charge < -0.3 is 14.4 Å². The number of benzene rings is 2. The lowest BCUT2D eigenvalue weighted by Gasteiger charge is -2.56. The van der Waals surface area contributed by atoms with Gasteiger partial charge in [0.05, 0.1) is 30.3 Å². The number of amides is 4. The molecule has 0 aromatic heterocycles. The molecular weight excluding hydrogens is 480 g/mol. The molecule has 4 amide bonds. The number of ether oxygens (including phenoxy) is 2. The van der Waals surface area contributed by atoms with E-state index in [1.807, 2.05) is 30.9 Å². The van der Waals surface area contributed by atoms with Crippen LogP contribution in [0, 0.1) is 15.5 Å². The number of hydrogen-bond donors (Lipinski definition) is 1. The fraction of sp³-hybridized carbons (Fsp3) is 0.423. The SMILES string of the molecule is COc1ccc(CCN2C(=O)NC(=O)C3(Cc4cc([N+](=O)[O-])ccc4N4CC(C)OC(C)C43)C2=O)cc1. The number of morpholine rings is 1. The van der Waals surface area contributed by atoms with Gasteiger partial charge in [0.15, 0.2) is 5.41 Å². The number of nitrogens with zero attached hydrogens (tertiary/aromatic N) is 3. The standard InChI is InChI=1S/C26H28N4O7/c1-15-14-29-21-9-6-19(30(34)35)12-18(21)13-26(22(29)16(2)37-15)23(31)27-25(33)28(24(26)32)11-10-17-4-7-20(36-3)8-5-17/h4-9,12,15-16,22H,10-11,13-14H2,1-3H3,(H,27,31,33). The summed E-state index contributed by atoms with van der Waals surface area (Å²) in [4.78, 5) is 54.6. The largest absolute Gasteiger partial charge is 0.497 e. The minimum Gasteiger partial charge on any atom is -0.497 e. The Kier molecular flexibility index (Phi) is 6.10. The highest BCUT2D eigenvalue weighted by Crippen LogP contribution is 2.48. The van der Waals surface area contributed by atoms with Crippen LogP contribution in [0.1, 0.15) is 25.0 Å². The lowest BCUT2D eigenvalue weighted by molar-refractivity contribution is -0.384. The predicted octanol–water partition coefficient (Wildman–Crippen LogP) is 2.45. The number of urea groups is 1. The zero-order chi connectivity index (χ0) is 26.5. The van der Waals surface area contributed by atoms with Crippen molar-refractivity contribution in [3.8, 4) is 5.75 Å². The molecule has 1 N–H and O–H groups in total. The van der Waals surface area contributed by atoms with Crippen LogP contribution >= 0.6 is 0 Å². The minimum atomic E-state index is -1.68. The summed E-state index contributed by atoms with van der Waals surface area (Å²) in [5.41, 5.74) is 0.320. The molecular formula is C26H28N4O7. The van der Waals surface area contributed by atoms with Crippen LogP contribution in [0.25, 0.3) is 0 Å². The van der Waals surface area contributed by atoms with Gasteiger partial charge >= 0.3 is 6.03 Å². The maximum absolute atomic E-state index is 14.2. The summed E-state index contributed by atoms with van der Waals surface area (Å²) < 4.78 is 11.3. The van der Waals surface area contributed by atoms with Crippen molar-refractivity contribution in [3.05, 3.63) is 63.7 Å². The number of anilines is 1. The molecule has 2 aromatic rings. The number of rotatable bonds is 5. The van der Waals surface area contributed by atoms with E-state index in [0.717, 1.165) is 16.2 Å². The minimum absolute atomic E-state index is 0.0617. The van der Waals surface area contributed by atoms with Gasteiger partial charge in [-0.15, -0.1) is 0 Å². The van der Waals surface area contributed by atoms with E-state index < -0.39 is 40.3 Å². The molecule has 1 spiro atoms. The quantitative estimate of drug-likeness (QED) is 0.370. The molecule has 37 heavy (non-hydrogen) atoms. The fourth-order valence-corrected chi connectivity index (χ4v) is 5.91. The van der Waals surface area contributed by atoms with Gasteiger partial charge in [-0.2, -0.15) is 0 Å². The van der Waals surface area contributed by atoms with Crippen molar-refractivity contribution in [1.29, 1.82) is 0 Å². The van der Waals surface area contributed by atoms with Crippen molar-refractivity contribution in [2.45, 2.75) is 44.9 Å². The second-order valence-corrected chi connectivity index (χ2v) is 9.78. The molecule has 0 aliphatic carbocycles. The van der Waals surface area contributed by atoms with Crippen molar-refractivity contribution >= 4 is 29.2 Å². The number of carbonyl (C=O) groups excluding carboxylic acids is 3. The summed E-state index contributed by atoms with van der Waals surface area (Å²) in [6.45, 7) is 4.16. The van der Waals surface area contributed by atoms with Gasteiger partial charge in [0.1, 0.15) is 5.75 Å². The molecule has 0 saturated carbocycles. The molecule has 2 saturated heterocycles. The lowest BCUT2D eigenvalue weighted by atomic mass is 9.66. The number of methoxy groups -OCH3 is 1. The smallest absolute Gasteiger partial charge is 0.330 e. The molecule has 3 heterocycles. The number of fused-ring (bicyclic) bond motifs is 4. The van der Waals surface area contributed by atoms with Gasteiger partial charge in [0, 0.05) is 37.3 Å². The van der Waals surface area contributed by atoms with Crippen LogP contribution in [0.15, 0.2) is 42.5 Å². The second kappa shape index (κ2) is 9.15. The first-order valence-electron chi connectivity index (χ1n) is 12.2. The Morgan fingerprint density at radius 1 is 1.16 bits per heavy atom. The van der Waals surface area contributed by atoms with Crippen LogP contribution in [0.2, 0.25) is 0 Å². The normalized spacial score (nSPS) is 27.0. The van der Waals surface area contributed by atoms with E-state index in [2.05, 4.69) is 5.32 Å². The maximum atomic E-state index is 14.2. The van der Waals surface area contributed by atoms with Gasteiger partial charge in [-0.05, 0) is 49.6 Å². The van der Waals surface area contributed by atoms with E-state index in [9.17, 15) is 24.5 Å². The molecule has 3 aliphatic heterocycles. The Bertz CT molecular complexity index is 1280. The molecule has 3 aliphatic rings. The monoisotopic (exact) mass is 508 g/mol. The molecule has 5 rings (SSSR count). The first-order chi connectivity index (χ1) is 17.6. The van der Waals surface area contributed by atoms with Gasteiger partial charge in [0.25, 0.3) is 5.69 Å². The third-order valence-corrected chi connectivity index (χ3v) is 7.52. The van der Waals surface area contributed by atoms with Gasteiger partial charge in [-0.25, -0.2) is 4.79 Å². The summed E-state index contributed by atoms with van der Waals surface area (Å²) in [5.74, 6) is -0.636. The highest BCUT2D eigenvalue weighted by atomic mass is 16.6. The van der Waals surface area contributed by atoms with E-state index in [1.165, 1.54) is 12.1 Å². The first-order valence-corrected chi connectivity index (χ1v) is 12.2. The summed E-state index contributed by atoms with van der Waals surface area (Å²) in [5, 5.41) is 13.9. The van der Waals surface area contributed by atoms with E-state index in [0.29, 0.717) is 24.3 Å². The molecule has 4 unspecified atom stereocenters. The maximum Gasteiger partial charge on any atom is 0.330 e. The zero-order valence-electron chi connectivity index (χ0n) is 20.8. The number of hydrogen-bond acceptors (Lipinski definition) is 8. The Morgan fingerprint density at radius 3 is 2.57 bits per heavy atom. The van der Waals surface area contributed by atoms with Crippen LogP contribution in [0.3, 0.4) is 0 Å². The number of nitro groups is 1. The van der Waals surface area contributed by atoms with Gasteiger partial charge in [-0.1, -0.05) is 12.1 Å². The number of non-ortho nitro benzene ring substituents is 1. The molecule has 4 atom stereocenters. The average molecular weight is 509 g/mol. The Hall–Kier alpha value is -3.99. The van der Waals surface area contributed by atoms with E-state index in [4.69, 9.17) is 9.47 Å². The highest BCUT2D eigenvalue weighted by Gasteiger charge is 2.64. The lowest BCUT2D eigenvalue weighted by Crippen LogP contribution is -2.75. The van der Waals surface area contributed by atoms with Crippen LogP contribution in [0.4, 0.5) is 16.2 Å². The van der Waals surface area contributed by atoms with Crippen LogP contribution < -0.4 is 15.0 Å².